The van der Waals surface area contributed by atoms with Crippen LogP contribution in [0.1, 0.15) is 10.5 Å². The van der Waals surface area contributed by atoms with Crippen LogP contribution in [-0.2, 0) is 0 Å². The Morgan fingerprint density at radius 3 is 2.53 bits per heavy atom. The molecule has 0 saturated carbocycles. The Balaban J connectivity index is 2.68. The Labute approximate surface area is 108 Å². The van der Waals surface area contributed by atoms with Gasteiger partial charge in [-0.05, 0) is 12.1 Å². The number of carbonyl (C=O) groups is 1. The van der Waals surface area contributed by atoms with Crippen LogP contribution in [0.4, 0.5) is 11.6 Å². The first-order valence-electron chi connectivity index (χ1n) is 5.34. The maximum atomic E-state index is 11.0. The third kappa shape index (κ3) is 2.25. The van der Waals surface area contributed by atoms with Gasteiger partial charge in [0, 0.05) is 5.56 Å². The summed E-state index contributed by atoms with van der Waals surface area (Å²) < 4.78 is 5.18. The average Bonchev–Trinajstić information content (AvgIpc) is 2.38. The van der Waals surface area contributed by atoms with E-state index in [2.05, 4.69) is 9.97 Å². The predicted octanol–water partition coefficient (Wildman–Crippen LogP) is 1.01. The molecule has 1 aromatic carbocycles. The van der Waals surface area contributed by atoms with Crippen LogP contribution in [0.5, 0.6) is 5.75 Å². The number of nitrogens with two attached hydrogens (primary N) is 2. The zero-order chi connectivity index (χ0) is 14.0. The molecule has 98 valence electrons. The smallest absolute Gasteiger partial charge is 0.358 e. The van der Waals surface area contributed by atoms with Crippen LogP contribution in [0.3, 0.4) is 0 Å². The van der Waals surface area contributed by atoms with E-state index in [9.17, 15) is 4.79 Å². The highest BCUT2D eigenvalue weighted by atomic mass is 16.5. The molecule has 19 heavy (non-hydrogen) atoms. The normalized spacial score (nSPS) is 10.2. The highest BCUT2D eigenvalue weighted by molar-refractivity contribution is 5.92. The Morgan fingerprint density at radius 2 is 1.89 bits per heavy atom. The van der Waals surface area contributed by atoms with Gasteiger partial charge in [-0.3, -0.25) is 0 Å². The number of hydrogen-bond acceptors (Lipinski definition) is 6. The molecule has 5 N–H and O–H groups in total. The van der Waals surface area contributed by atoms with E-state index < -0.39 is 5.97 Å². The Bertz CT molecular complexity index is 643. The van der Waals surface area contributed by atoms with Crippen molar-refractivity contribution in [2.75, 3.05) is 18.6 Å². The third-order valence-corrected chi connectivity index (χ3v) is 2.51. The molecule has 0 amide bonds. The quantitative estimate of drug-likeness (QED) is 0.752. The number of anilines is 2. The van der Waals surface area contributed by atoms with Crippen LogP contribution in [-0.4, -0.2) is 28.2 Å². The number of nitrogens with zero attached hydrogens (tertiary/aromatic N) is 2. The van der Waals surface area contributed by atoms with Crippen LogP contribution in [0.15, 0.2) is 24.3 Å². The lowest BCUT2D eigenvalue weighted by molar-refractivity contribution is 0.0691. The van der Waals surface area contributed by atoms with Crippen molar-refractivity contribution in [2.45, 2.75) is 0 Å². The van der Waals surface area contributed by atoms with Gasteiger partial charge in [-0.1, -0.05) is 12.1 Å². The molecule has 0 atom stereocenters. The monoisotopic (exact) mass is 260 g/mol. The molecule has 0 saturated heterocycles. The van der Waals surface area contributed by atoms with Gasteiger partial charge in [0.2, 0.25) is 0 Å². The van der Waals surface area contributed by atoms with Gasteiger partial charge in [0.15, 0.2) is 17.3 Å². The molecule has 7 nitrogen and oxygen atoms in total. The molecule has 0 radical (unpaired) electrons. The van der Waals surface area contributed by atoms with Crippen molar-refractivity contribution >= 4 is 17.6 Å². The van der Waals surface area contributed by atoms with Crippen molar-refractivity contribution in [3.63, 3.8) is 0 Å². The van der Waals surface area contributed by atoms with Crippen LogP contribution in [0.2, 0.25) is 0 Å². The number of hydrogen-bond donors (Lipinski definition) is 3. The largest absolute Gasteiger partial charge is 0.496 e. The summed E-state index contributed by atoms with van der Waals surface area (Å²) in [4.78, 5) is 18.8. The highest BCUT2D eigenvalue weighted by Gasteiger charge is 2.18. The van der Waals surface area contributed by atoms with E-state index in [-0.39, 0.29) is 23.0 Å². The standard InChI is InChI=1S/C12H12N4O3/c1-19-7-5-3-2-4-6(7)8-10(13)16-11(14)9(15-8)12(17)18/h2-5H,1H3,(H,17,18)(H4,13,14,16). The van der Waals surface area contributed by atoms with Crippen molar-refractivity contribution in [3.8, 4) is 17.0 Å². The molecule has 0 unspecified atom stereocenters. The number of ether oxygens (including phenoxy) is 1. The molecule has 2 rings (SSSR count). The van der Waals surface area contributed by atoms with Crippen molar-refractivity contribution < 1.29 is 14.6 Å². The predicted molar refractivity (Wildman–Crippen MR) is 69.8 cm³/mol. The van der Waals surface area contributed by atoms with Gasteiger partial charge in [0.05, 0.1) is 7.11 Å². The van der Waals surface area contributed by atoms with Crippen LogP contribution >= 0.6 is 0 Å². The van der Waals surface area contributed by atoms with E-state index in [1.807, 2.05) is 0 Å². The molecule has 0 aliphatic carbocycles. The summed E-state index contributed by atoms with van der Waals surface area (Å²) >= 11 is 0. The number of benzene rings is 1. The molecule has 0 spiro atoms. The topological polar surface area (TPSA) is 124 Å². The van der Waals surface area contributed by atoms with Gasteiger partial charge < -0.3 is 21.3 Å². The molecule has 0 aliphatic rings. The first kappa shape index (κ1) is 12.6. The van der Waals surface area contributed by atoms with Crippen LogP contribution in [0.25, 0.3) is 11.3 Å². The summed E-state index contributed by atoms with van der Waals surface area (Å²) in [6.45, 7) is 0. The maximum Gasteiger partial charge on any atom is 0.358 e. The van der Waals surface area contributed by atoms with E-state index in [0.717, 1.165) is 0 Å². The fourth-order valence-electron chi connectivity index (χ4n) is 1.66. The summed E-state index contributed by atoms with van der Waals surface area (Å²) in [7, 11) is 1.50. The number of para-hydroxylation sites is 1. The Hall–Kier alpha value is -2.83. The van der Waals surface area contributed by atoms with Gasteiger partial charge in [0.25, 0.3) is 0 Å². The summed E-state index contributed by atoms with van der Waals surface area (Å²) in [6, 6.07) is 6.96. The minimum absolute atomic E-state index is 0.0481. The maximum absolute atomic E-state index is 11.0. The van der Waals surface area contributed by atoms with Crippen molar-refractivity contribution in [2.24, 2.45) is 0 Å². The molecule has 1 heterocycles. The van der Waals surface area contributed by atoms with Crippen LogP contribution < -0.4 is 16.2 Å². The summed E-state index contributed by atoms with van der Waals surface area (Å²) in [5, 5.41) is 9.00. The van der Waals surface area contributed by atoms with Gasteiger partial charge in [-0.15, -0.1) is 0 Å². The molecule has 0 fully saturated rings. The molecular formula is C12H12N4O3. The zero-order valence-electron chi connectivity index (χ0n) is 10.1. The van der Waals surface area contributed by atoms with E-state index >= 15 is 0 Å². The zero-order valence-corrected chi connectivity index (χ0v) is 10.1. The molecule has 1 aromatic heterocycles. The van der Waals surface area contributed by atoms with E-state index in [1.165, 1.54) is 7.11 Å². The average molecular weight is 260 g/mol. The van der Waals surface area contributed by atoms with Gasteiger partial charge in [-0.2, -0.15) is 0 Å². The SMILES string of the molecule is COc1ccccc1-c1nc(C(=O)O)c(N)nc1N. The molecule has 2 aromatic rings. The summed E-state index contributed by atoms with van der Waals surface area (Å²) in [5.74, 6) is -0.915. The lowest BCUT2D eigenvalue weighted by Crippen LogP contribution is -2.11. The number of nitrogen functional groups attached to an aromatic ring is 2. The second-order valence-corrected chi connectivity index (χ2v) is 3.70. The van der Waals surface area contributed by atoms with Crippen molar-refractivity contribution in [3.05, 3.63) is 30.0 Å². The van der Waals surface area contributed by atoms with Crippen molar-refractivity contribution in [1.29, 1.82) is 0 Å². The Morgan fingerprint density at radius 1 is 1.21 bits per heavy atom. The number of carboxylic acids is 1. The number of carboxylic acid groups (broad SMARTS) is 1. The first-order valence-corrected chi connectivity index (χ1v) is 5.34. The lowest BCUT2D eigenvalue weighted by Gasteiger charge is -2.10. The van der Waals surface area contributed by atoms with Gasteiger partial charge >= 0.3 is 5.97 Å². The molecule has 7 heteroatoms. The van der Waals surface area contributed by atoms with E-state index in [0.29, 0.717) is 11.3 Å². The molecule has 0 bridgehead atoms. The first-order chi connectivity index (χ1) is 9.04. The molecular weight excluding hydrogens is 248 g/mol. The van der Waals surface area contributed by atoms with Gasteiger partial charge in [0.1, 0.15) is 11.4 Å². The van der Waals surface area contributed by atoms with Crippen LogP contribution in [0, 0.1) is 0 Å². The fourth-order valence-corrected chi connectivity index (χ4v) is 1.66. The minimum Gasteiger partial charge on any atom is -0.496 e. The third-order valence-electron chi connectivity index (χ3n) is 2.51. The second kappa shape index (κ2) is 4.81. The fraction of sp³-hybridized carbons (Fsp3) is 0.0833. The highest BCUT2D eigenvalue weighted by Crippen LogP contribution is 2.32. The van der Waals surface area contributed by atoms with Crippen molar-refractivity contribution in [1.82, 2.24) is 9.97 Å². The molecule has 0 aliphatic heterocycles. The minimum atomic E-state index is -1.26. The summed E-state index contributed by atoms with van der Waals surface area (Å²) in [6.07, 6.45) is 0. The number of aromatic carboxylic acids is 1. The van der Waals surface area contributed by atoms with Gasteiger partial charge in [-0.25, -0.2) is 14.8 Å². The Kier molecular flexibility index (Phi) is 3.19. The number of rotatable bonds is 3. The van der Waals surface area contributed by atoms with E-state index in [1.54, 1.807) is 24.3 Å². The second-order valence-electron chi connectivity index (χ2n) is 3.70. The number of methoxy groups -OCH3 is 1. The van der Waals surface area contributed by atoms with E-state index in [4.69, 9.17) is 21.3 Å². The lowest BCUT2D eigenvalue weighted by atomic mass is 10.1. The number of aromatic nitrogens is 2. The summed E-state index contributed by atoms with van der Waals surface area (Å²) in [5.41, 5.74) is 11.7.